The lowest BCUT2D eigenvalue weighted by molar-refractivity contribution is 0.579. The number of benzene rings is 1. The standard InChI is InChI=1S/C14H12BrN5O2S2/c15-11-3-5-12(6-4-11)24(21,22)20-13(16)18-14(19-20)23-9-10-2-1-7-17-8-10/h1-8H,9H2,(H2,16,18,19). The van der Waals surface area contributed by atoms with E-state index < -0.39 is 10.0 Å². The van der Waals surface area contributed by atoms with Crippen LogP contribution in [-0.4, -0.2) is 27.6 Å². The van der Waals surface area contributed by atoms with Crippen molar-refractivity contribution in [3.8, 4) is 0 Å². The SMILES string of the molecule is Nc1nc(SCc2cccnc2)nn1S(=O)(=O)c1ccc(Br)cc1. The first-order valence-corrected chi connectivity index (χ1v) is 9.94. The minimum atomic E-state index is -3.88. The van der Waals surface area contributed by atoms with E-state index in [1.807, 2.05) is 12.1 Å². The van der Waals surface area contributed by atoms with Gasteiger partial charge in [-0.1, -0.05) is 33.8 Å². The lowest BCUT2D eigenvalue weighted by atomic mass is 10.3. The van der Waals surface area contributed by atoms with Gasteiger partial charge < -0.3 is 5.73 Å². The van der Waals surface area contributed by atoms with Crippen LogP contribution >= 0.6 is 27.7 Å². The normalized spacial score (nSPS) is 11.5. The van der Waals surface area contributed by atoms with Crippen LogP contribution in [0.5, 0.6) is 0 Å². The van der Waals surface area contributed by atoms with E-state index in [0.717, 1.165) is 14.1 Å². The van der Waals surface area contributed by atoms with Crippen LogP contribution in [0.15, 0.2) is 63.3 Å². The van der Waals surface area contributed by atoms with Crippen LogP contribution in [0.4, 0.5) is 5.95 Å². The third kappa shape index (κ3) is 3.60. The third-order valence-electron chi connectivity index (χ3n) is 3.01. The van der Waals surface area contributed by atoms with Crippen LogP contribution in [0, 0.1) is 0 Å². The molecule has 0 aliphatic heterocycles. The average molecular weight is 426 g/mol. The molecule has 0 spiro atoms. The van der Waals surface area contributed by atoms with Crippen molar-refractivity contribution in [1.29, 1.82) is 0 Å². The summed E-state index contributed by atoms with van der Waals surface area (Å²) in [6.07, 6.45) is 3.41. The molecule has 0 bridgehead atoms. The predicted molar refractivity (Wildman–Crippen MR) is 95.0 cm³/mol. The Labute approximate surface area is 151 Å². The quantitative estimate of drug-likeness (QED) is 0.626. The van der Waals surface area contributed by atoms with Crippen molar-refractivity contribution >= 4 is 43.7 Å². The molecule has 0 aliphatic carbocycles. The average Bonchev–Trinajstić information content (AvgIpc) is 2.96. The fourth-order valence-electron chi connectivity index (χ4n) is 1.87. The van der Waals surface area contributed by atoms with Crippen LogP contribution in [-0.2, 0) is 15.8 Å². The van der Waals surface area contributed by atoms with Gasteiger partial charge in [0.25, 0.3) is 10.0 Å². The number of thioether (sulfide) groups is 1. The van der Waals surface area contributed by atoms with Gasteiger partial charge in [-0.2, -0.15) is 13.4 Å². The highest BCUT2D eigenvalue weighted by molar-refractivity contribution is 9.10. The Balaban J connectivity index is 1.84. The van der Waals surface area contributed by atoms with E-state index >= 15 is 0 Å². The molecule has 0 aliphatic rings. The molecule has 0 saturated carbocycles. The maximum absolute atomic E-state index is 12.6. The van der Waals surface area contributed by atoms with Gasteiger partial charge in [-0.3, -0.25) is 4.98 Å². The molecule has 10 heteroatoms. The minimum Gasteiger partial charge on any atom is -0.367 e. The highest BCUT2D eigenvalue weighted by atomic mass is 79.9. The van der Waals surface area contributed by atoms with Crippen LogP contribution in [0.25, 0.3) is 0 Å². The van der Waals surface area contributed by atoms with Crippen molar-refractivity contribution in [2.75, 3.05) is 5.73 Å². The Morgan fingerprint density at radius 3 is 2.62 bits per heavy atom. The van der Waals surface area contributed by atoms with Gasteiger partial charge in [-0.05, 0) is 35.9 Å². The van der Waals surface area contributed by atoms with E-state index in [1.54, 1.807) is 24.5 Å². The first kappa shape index (κ1) is 16.9. The minimum absolute atomic E-state index is 0.0890. The monoisotopic (exact) mass is 425 g/mol. The zero-order valence-corrected chi connectivity index (χ0v) is 15.4. The molecule has 1 aromatic carbocycles. The fraction of sp³-hybridized carbons (Fsp3) is 0.0714. The number of hydrogen-bond donors (Lipinski definition) is 1. The van der Waals surface area contributed by atoms with Crippen molar-refractivity contribution in [1.82, 2.24) is 19.2 Å². The summed E-state index contributed by atoms with van der Waals surface area (Å²) >= 11 is 4.55. The molecule has 0 saturated heterocycles. The summed E-state index contributed by atoms with van der Waals surface area (Å²) in [5.41, 5.74) is 6.72. The second-order valence-electron chi connectivity index (χ2n) is 4.70. The van der Waals surface area contributed by atoms with Gasteiger partial charge in [-0.25, -0.2) is 0 Å². The number of nitrogens with two attached hydrogens (primary N) is 1. The van der Waals surface area contributed by atoms with Crippen LogP contribution < -0.4 is 5.73 Å². The molecular formula is C14H12BrN5O2S2. The molecule has 0 unspecified atom stereocenters. The van der Waals surface area contributed by atoms with E-state index in [2.05, 4.69) is 31.0 Å². The van der Waals surface area contributed by atoms with E-state index in [-0.39, 0.29) is 16.0 Å². The topological polar surface area (TPSA) is 104 Å². The molecule has 0 amide bonds. The zero-order valence-electron chi connectivity index (χ0n) is 12.2. The molecule has 0 fully saturated rings. The molecule has 124 valence electrons. The summed E-state index contributed by atoms with van der Waals surface area (Å²) in [5, 5.41) is 4.31. The summed E-state index contributed by atoms with van der Waals surface area (Å²) in [5.74, 6) is 0.391. The molecular weight excluding hydrogens is 414 g/mol. The van der Waals surface area contributed by atoms with Crippen molar-refractivity contribution in [2.24, 2.45) is 0 Å². The van der Waals surface area contributed by atoms with Crippen LogP contribution in [0.2, 0.25) is 0 Å². The van der Waals surface area contributed by atoms with E-state index in [4.69, 9.17) is 5.73 Å². The number of hydrogen-bond acceptors (Lipinski definition) is 7. The molecule has 2 heterocycles. The predicted octanol–water partition coefficient (Wildman–Crippen LogP) is 2.55. The Bertz CT molecular complexity index is 943. The first-order chi connectivity index (χ1) is 11.5. The number of halogens is 1. The summed E-state index contributed by atoms with van der Waals surface area (Å²) in [6.45, 7) is 0. The first-order valence-electron chi connectivity index (χ1n) is 6.72. The van der Waals surface area contributed by atoms with E-state index in [1.165, 1.54) is 23.9 Å². The molecule has 7 nitrogen and oxygen atoms in total. The summed E-state index contributed by atoms with van der Waals surface area (Å²) in [7, 11) is -3.88. The van der Waals surface area contributed by atoms with Gasteiger partial charge in [0, 0.05) is 22.6 Å². The zero-order chi connectivity index (χ0) is 17.2. The second-order valence-corrected chi connectivity index (χ2v) is 8.33. The number of pyridine rings is 1. The molecule has 3 rings (SSSR count). The summed E-state index contributed by atoms with van der Waals surface area (Å²) in [6, 6.07) is 9.97. The number of aromatic nitrogens is 4. The lowest BCUT2D eigenvalue weighted by Gasteiger charge is -2.04. The molecule has 0 atom stereocenters. The molecule has 2 aromatic heterocycles. The molecule has 24 heavy (non-hydrogen) atoms. The maximum atomic E-state index is 12.6. The van der Waals surface area contributed by atoms with E-state index in [9.17, 15) is 8.42 Å². The highest BCUT2D eigenvalue weighted by Crippen LogP contribution is 2.23. The van der Waals surface area contributed by atoms with E-state index in [0.29, 0.717) is 5.75 Å². The van der Waals surface area contributed by atoms with Gasteiger partial charge >= 0.3 is 0 Å². The lowest BCUT2D eigenvalue weighted by Crippen LogP contribution is -2.17. The summed E-state index contributed by atoms with van der Waals surface area (Å²) in [4.78, 5) is 8.13. The fourth-order valence-corrected chi connectivity index (χ4v) is 4.10. The highest BCUT2D eigenvalue weighted by Gasteiger charge is 2.22. The largest absolute Gasteiger partial charge is 0.367 e. The van der Waals surface area contributed by atoms with Gasteiger partial charge in [0.2, 0.25) is 11.1 Å². The van der Waals surface area contributed by atoms with Gasteiger partial charge in [0.15, 0.2) is 0 Å². The molecule has 3 aromatic rings. The number of anilines is 1. The Kier molecular flexibility index (Phi) is 4.88. The number of rotatable bonds is 5. The second kappa shape index (κ2) is 6.91. The van der Waals surface area contributed by atoms with Crippen molar-refractivity contribution in [2.45, 2.75) is 15.8 Å². The number of nitrogen functional groups attached to an aromatic ring is 1. The molecule has 2 N–H and O–H groups in total. The summed E-state index contributed by atoms with van der Waals surface area (Å²) < 4.78 is 26.7. The van der Waals surface area contributed by atoms with Gasteiger partial charge in [0.1, 0.15) is 0 Å². The molecule has 0 radical (unpaired) electrons. The Hall–Kier alpha value is -1.91. The van der Waals surface area contributed by atoms with Crippen molar-refractivity contribution < 1.29 is 8.42 Å². The van der Waals surface area contributed by atoms with Gasteiger partial charge in [0.05, 0.1) is 4.90 Å². The van der Waals surface area contributed by atoms with Crippen molar-refractivity contribution in [3.05, 3.63) is 58.8 Å². The Morgan fingerprint density at radius 1 is 1.21 bits per heavy atom. The van der Waals surface area contributed by atoms with Crippen LogP contribution in [0.1, 0.15) is 5.56 Å². The third-order valence-corrected chi connectivity index (χ3v) is 6.04. The van der Waals surface area contributed by atoms with Crippen LogP contribution in [0.3, 0.4) is 0 Å². The Morgan fingerprint density at radius 2 is 1.96 bits per heavy atom. The number of nitrogens with zero attached hydrogens (tertiary/aromatic N) is 4. The smallest absolute Gasteiger partial charge is 0.286 e. The maximum Gasteiger partial charge on any atom is 0.286 e. The van der Waals surface area contributed by atoms with Crippen molar-refractivity contribution in [3.63, 3.8) is 0 Å². The van der Waals surface area contributed by atoms with Gasteiger partial charge in [-0.15, -0.1) is 9.19 Å².